The molecular weight excluding hydrogens is 324 g/mol. The van der Waals surface area contributed by atoms with Gasteiger partial charge in [-0.1, -0.05) is 0 Å². The molecule has 0 spiro atoms. The van der Waals surface area contributed by atoms with Crippen LogP contribution in [-0.4, -0.2) is 42.6 Å². The topological polar surface area (TPSA) is 93.9 Å². The Bertz CT molecular complexity index is 668. The Labute approximate surface area is 136 Å². The first-order chi connectivity index (χ1) is 11.3. The molecule has 1 fully saturated rings. The minimum absolute atomic E-state index is 0.0849. The van der Waals surface area contributed by atoms with Gasteiger partial charge in [0.25, 0.3) is 0 Å². The molecule has 24 heavy (non-hydrogen) atoms. The standard InChI is InChI=1S/C15H17F2N3O4/c16-15(17)23-11-4-3-10(6-12(11)24-15)19-13(21)8-20-5-1-2-9(7-20)14(18)22/h3-4,6,9H,1-2,5,7-8H2,(H2,18,22)(H,19,21)/t9-/m1/s1. The normalized spacial score (nSPS) is 22.2. The fraction of sp³-hybridized carbons (Fsp3) is 0.467. The van der Waals surface area contributed by atoms with Crippen LogP contribution in [0.1, 0.15) is 12.8 Å². The fourth-order valence-corrected chi connectivity index (χ4v) is 2.86. The van der Waals surface area contributed by atoms with Gasteiger partial charge < -0.3 is 20.5 Å². The molecule has 0 saturated carbocycles. The number of carbonyl (C=O) groups is 2. The lowest BCUT2D eigenvalue weighted by molar-refractivity contribution is -0.286. The summed E-state index contributed by atoms with van der Waals surface area (Å²) < 4.78 is 34.6. The first-order valence-electron chi connectivity index (χ1n) is 7.54. The van der Waals surface area contributed by atoms with Crippen molar-refractivity contribution in [3.63, 3.8) is 0 Å². The first-order valence-corrected chi connectivity index (χ1v) is 7.54. The van der Waals surface area contributed by atoms with E-state index in [0.717, 1.165) is 12.8 Å². The van der Waals surface area contributed by atoms with E-state index in [1.165, 1.54) is 18.2 Å². The molecule has 2 aliphatic heterocycles. The SMILES string of the molecule is NC(=O)[C@@H]1CCCN(CC(=O)Nc2ccc3c(c2)OC(F)(F)O3)C1. The van der Waals surface area contributed by atoms with Crippen molar-refractivity contribution in [1.29, 1.82) is 0 Å². The third-order valence-electron chi connectivity index (χ3n) is 3.96. The van der Waals surface area contributed by atoms with Crippen molar-refractivity contribution >= 4 is 17.5 Å². The predicted molar refractivity (Wildman–Crippen MR) is 79.6 cm³/mol. The van der Waals surface area contributed by atoms with Gasteiger partial charge >= 0.3 is 6.29 Å². The number of piperidine rings is 1. The number of alkyl halides is 2. The highest BCUT2D eigenvalue weighted by Gasteiger charge is 2.43. The highest BCUT2D eigenvalue weighted by molar-refractivity contribution is 5.92. The Balaban J connectivity index is 1.57. The molecule has 130 valence electrons. The van der Waals surface area contributed by atoms with Gasteiger partial charge in [0.1, 0.15) is 0 Å². The average molecular weight is 341 g/mol. The molecule has 2 heterocycles. The van der Waals surface area contributed by atoms with Crippen LogP contribution in [0, 0.1) is 5.92 Å². The van der Waals surface area contributed by atoms with Crippen molar-refractivity contribution in [2.75, 3.05) is 25.0 Å². The number of primary amides is 1. The predicted octanol–water partition coefficient (Wildman–Crippen LogP) is 1.14. The number of nitrogens with two attached hydrogens (primary N) is 1. The van der Waals surface area contributed by atoms with Crippen LogP contribution in [0.25, 0.3) is 0 Å². The third kappa shape index (κ3) is 3.73. The Morgan fingerprint density at radius 3 is 2.83 bits per heavy atom. The maximum Gasteiger partial charge on any atom is 0.586 e. The van der Waals surface area contributed by atoms with Gasteiger partial charge in [-0.25, -0.2) is 0 Å². The third-order valence-corrected chi connectivity index (χ3v) is 3.96. The van der Waals surface area contributed by atoms with Crippen LogP contribution in [-0.2, 0) is 9.59 Å². The smallest absolute Gasteiger partial charge is 0.395 e. The van der Waals surface area contributed by atoms with E-state index in [2.05, 4.69) is 14.8 Å². The van der Waals surface area contributed by atoms with E-state index >= 15 is 0 Å². The van der Waals surface area contributed by atoms with E-state index in [-0.39, 0.29) is 35.8 Å². The molecule has 0 bridgehead atoms. The van der Waals surface area contributed by atoms with Gasteiger partial charge in [-0.3, -0.25) is 14.5 Å². The second-order valence-corrected chi connectivity index (χ2v) is 5.85. The molecule has 0 aliphatic carbocycles. The van der Waals surface area contributed by atoms with Gasteiger partial charge in [0, 0.05) is 18.3 Å². The largest absolute Gasteiger partial charge is 0.586 e. The number of hydrogen-bond acceptors (Lipinski definition) is 5. The van der Waals surface area contributed by atoms with Gasteiger partial charge in [-0.05, 0) is 31.5 Å². The lowest BCUT2D eigenvalue weighted by Crippen LogP contribution is -2.44. The summed E-state index contributed by atoms with van der Waals surface area (Å²) in [6.45, 7) is 1.23. The molecule has 7 nitrogen and oxygen atoms in total. The van der Waals surface area contributed by atoms with E-state index in [0.29, 0.717) is 18.8 Å². The van der Waals surface area contributed by atoms with Crippen LogP contribution in [0.4, 0.5) is 14.5 Å². The van der Waals surface area contributed by atoms with E-state index in [4.69, 9.17) is 5.73 Å². The summed E-state index contributed by atoms with van der Waals surface area (Å²) in [5, 5.41) is 2.61. The van der Waals surface area contributed by atoms with Crippen molar-refractivity contribution in [3.05, 3.63) is 18.2 Å². The maximum absolute atomic E-state index is 13.0. The molecule has 2 aliphatic rings. The zero-order chi connectivity index (χ0) is 17.3. The molecule has 3 N–H and O–H groups in total. The van der Waals surface area contributed by atoms with E-state index < -0.39 is 6.29 Å². The maximum atomic E-state index is 13.0. The summed E-state index contributed by atoms with van der Waals surface area (Å²) in [7, 11) is 0. The summed E-state index contributed by atoms with van der Waals surface area (Å²) in [6, 6.07) is 4.02. The number of ether oxygens (including phenoxy) is 2. The fourth-order valence-electron chi connectivity index (χ4n) is 2.86. The zero-order valence-electron chi connectivity index (χ0n) is 12.8. The molecular formula is C15H17F2N3O4. The van der Waals surface area contributed by atoms with Gasteiger partial charge in [0.05, 0.1) is 12.5 Å². The Kier molecular flexibility index (Phi) is 4.27. The number of nitrogens with zero attached hydrogens (tertiary/aromatic N) is 1. The highest BCUT2D eigenvalue weighted by Crippen LogP contribution is 2.42. The van der Waals surface area contributed by atoms with Crippen LogP contribution < -0.4 is 20.5 Å². The number of amides is 2. The van der Waals surface area contributed by atoms with Gasteiger partial charge in [-0.2, -0.15) is 0 Å². The van der Waals surface area contributed by atoms with Crippen molar-refractivity contribution in [2.45, 2.75) is 19.1 Å². The molecule has 0 aromatic heterocycles. The quantitative estimate of drug-likeness (QED) is 0.857. The van der Waals surface area contributed by atoms with E-state index in [1.807, 2.05) is 4.90 Å². The van der Waals surface area contributed by atoms with Crippen molar-refractivity contribution in [3.8, 4) is 11.5 Å². The van der Waals surface area contributed by atoms with Crippen LogP contribution in [0.3, 0.4) is 0 Å². The molecule has 1 atom stereocenters. The van der Waals surface area contributed by atoms with Crippen molar-refractivity contribution in [1.82, 2.24) is 4.90 Å². The molecule has 0 unspecified atom stereocenters. The lowest BCUT2D eigenvalue weighted by atomic mass is 9.97. The number of rotatable bonds is 4. The van der Waals surface area contributed by atoms with Gasteiger partial charge in [-0.15, -0.1) is 8.78 Å². The number of benzene rings is 1. The van der Waals surface area contributed by atoms with Crippen LogP contribution in [0.5, 0.6) is 11.5 Å². The Hall–Kier alpha value is -2.42. The molecule has 9 heteroatoms. The lowest BCUT2D eigenvalue weighted by Gasteiger charge is -2.30. The number of halogens is 2. The number of carbonyl (C=O) groups excluding carboxylic acids is 2. The summed E-state index contributed by atoms with van der Waals surface area (Å²) >= 11 is 0. The highest BCUT2D eigenvalue weighted by atomic mass is 19.3. The minimum atomic E-state index is -3.69. The summed E-state index contributed by atoms with van der Waals surface area (Å²) in [6.07, 6.45) is -2.17. The monoisotopic (exact) mass is 341 g/mol. The summed E-state index contributed by atoms with van der Waals surface area (Å²) in [5.41, 5.74) is 5.63. The van der Waals surface area contributed by atoms with Crippen LogP contribution in [0.15, 0.2) is 18.2 Å². The average Bonchev–Trinajstić information content (AvgIpc) is 2.80. The Morgan fingerprint density at radius 1 is 1.33 bits per heavy atom. The number of hydrogen-bond donors (Lipinski definition) is 2. The second-order valence-electron chi connectivity index (χ2n) is 5.85. The molecule has 0 radical (unpaired) electrons. The minimum Gasteiger partial charge on any atom is -0.395 e. The molecule has 1 saturated heterocycles. The van der Waals surface area contributed by atoms with Gasteiger partial charge in [0.15, 0.2) is 11.5 Å². The Morgan fingerprint density at radius 2 is 2.08 bits per heavy atom. The zero-order valence-corrected chi connectivity index (χ0v) is 12.8. The first kappa shape index (κ1) is 16.4. The molecule has 1 aromatic rings. The van der Waals surface area contributed by atoms with Crippen molar-refractivity contribution in [2.24, 2.45) is 11.7 Å². The van der Waals surface area contributed by atoms with E-state index in [9.17, 15) is 18.4 Å². The molecule has 2 amide bonds. The number of nitrogens with one attached hydrogen (secondary N) is 1. The number of likely N-dealkylation sites (tertiary alicyclic amines) is 1. The summed E-state index contributed by atoms with van der Waals surface area (Å²) in [5.74, 6) is -1.15. The molecule has 1 aromatic carbocycles. The number of fused-ring (bicyclic) bond motifs is 1. The summed E-state index contributed by atoms with van der Waals surface area (Å²) in [4.78, 5) is 25.2. The number of anilines is 1. The van der Waals surface area contributed by atoms with E-state index in [1.54, 1.807) is 0 Å². The van der Waals surface area contributed by atoms with Crippen molar-refractivity contribution < 1.29 is 27.8 Å². The van der Waals surface area contributed by atoms with Crippen LogP contribution in [0.2, 0.25) is 0 Å². The van der Waals surface area contributed by atoms with Crippen LogP contribution >= 0.6 is 0 Å². The van der Waals surface area contributed by atoms with Gasteiger partial charge in [0.2, 0.25) is 11.8 Å². The molecule has 3 rings (SSSR count). The second kappa shape index (κ2) is 6.23.